The maximum absolute atomic E-state index is 12.0. The fourth-order valence-electron chi connectivity index (χ4n) is 2.24. The molecule has 0 saturated carbocycles. The van der Waals surface area contributed by atoms with E-state index in [0.717, 1.165) is 11.0 Å². The molecule has 1 aliphatic heterocycles. The number of nitrogens with zero attached hydrogens (tertiary/aromatic N) is 1. The number of esters is 1. The topological polar surface area (TPSA) is 96.1 Å². The lowest BCUT2D eigenvalue weighted by atomic mass is 10.2. The third-order valence-electron chi connectivity index (χ3n) is 3.35. The van der Waals surface area contributed by atoms with Crippen molar-refractivity contribution in [2.45, 2.75) is 12.1 Å². The minimum atomic E-state index is -0.433. The van der Waals surface area contributed by atoms with E-state index >= 15 is 0 Å². The molecule has 24 heavy (non-hydrogen) atoms. The van der Waals surface area contributed by atoms with Gasteiger partial charge in [-0.2, -0.15) is 0 Å². The van der Waals surface area contributed by atoms with E-state index in [-0.39, 0.29) is 19.2 Å². The van der Waals surface area contributed by atoms with Crippen LogP contribution < -0.4 is 10.6 Å². The number of H-pyrrole nitrogens is 1. The number of fused-ring (bicyclic) bond motifs is 1. The van der Waals surface area contributed by atoms with E-state index in [4.69, 9.17) is 16.3 Å². The summed E-state index contributed by atoms with van der Waals surface area (Å²) in [5.41, 5.74) is 2.58. The summed E-state index contributed by atoms with van der Waals surface area (Å²) < 4.78 is 5.02. The second-order valence-electron chi connectivity index (χ2n) is 4.98. The summed E-state index contributed by atoms with van der Waals surface area (Å²) in [6, 6.07) is 5.06. The van der Waals surface area contributed by atoms with Crippen molar-refractivity contribution in [1.82, 2.24) is 20.6 Å². The van der Waals surface area contributed by atoms with Crippen molar-refractivity contribution in [3.8, 4) is 0 Å². The van der Waals surface area contributed by atoms with E-state index in [9.17, 15) is 9.59 Å². The molecule has 0 radical (unpaired) electrons. The predicted octanol–water partition coefficient (Wildman–Crippen LogP) is 2.44. The van der Waals surface area contributed by atoms with E-state index < -0.39 is 5.97 Å². The highest BCUT2D eigenvalue weighted by molar-refractivity contribution is 7.99. The normalized spacial score (nSPS) is 14.5. The summed E-state index contributed by atoms with van der Waals surface area (Å²) in [5, 5.41) is 6.54. The molecule has 2 amide bonds. The summed E-state index contributed by atoms with van der Waals surface area (Å²) in [4.78, 5) is 31.1. The van der Waals surface area contributed by atoms with Gasteiger partial charge in [0.2, 0.25) is 0 Å². The van der Waals surface area contributed by atoms with Crippen LogP contribution in [0.5, 0.6) is 0 Å². The zero-order valence-corrected chi connectivity index (χ0v) is 14.4. The second-order valence-corrected chi connectivity index (χ2v) is 6.38. The maximum atomic E-state index is 12.0. The van der Waals surface area contributed by atoms with Crippen LogP contribution in [0, 0.1) is 0 Å². The molecule has 0 fully saturated rings. The first-order valence-corrected chi connectivity index (χ1v) is 8.65. The number of halogens is 1. The Labute approximate surface area is 147 Å². The molecule has 0 unspecified atom stereocenters. The Kier molecular flexibility index (Phi) is 4.96. The molecule has 0 atom stereocenters. The number of rotatable bonds is 5. The van der Waals surface area contributed by atoms with Crippen LogP contribution in [0.15, 0.2) is 34.6 Å². The standard InChI is InChI=1S/C15H15ClN4O3S/c1-2-23-13(21)9-6-17-14(22)18-12(9)7-24-15-19-10-4-3-8(16)5-11(10)20-15/h3-5H,2,6-7H2,1H3,(H,19,20)(H2,17,18,22). The monoisotopic (exact) mass is 366 g/mol. The minimum absolute atomic E-state index is 0.149. The van der Waals surface area contributed by atoms with Crippen LogP contribution >= 0.6 is 23.4 Å². The Morgan fingerprint density at radius 1 is 1.46 bits per heavy atom. The fourth-order valence-corrected chi connectivity index (χ4v) is 3.28. The lowest BCUT2D eigenvalue weighted by Crippen LogP contribution is -2.44. The van der Waals surface area contributed by atoms with E-state index in [1.807, 2.05) is 6.07 Å². The van der Waals surface area contributed by atoms with Gasteiger partial charge in [0.15, 0.2) is 5.16 Å². The lowest BCUT2D eigenvalue weighted by Gasteiger charge is -2.20. The molecule has 1 aliphatic rings. The summed E-state index contributed by atoms with van der Waals surface area (Å²) in [6.07, 6.45) is 0. The third-order valence-corrected chi connectivity index (χ3v) is 4.49. The van der Waals surface area contributed by atoms with Gasteiger partial charge in [0.1, 0.15) is 0 Å². The van der Waals surface area contributed by atoms with E-state index in [1.165, 1.54) is 11.8 Å². The Morgan fingerprint density at radius 3 is 3.08 bits per heavy atom. The van der Waals surface area contributed by atoms with Gasteiger partial charge < -0.3 is 20.4 Å². The van der Waals surface area contributed by atoms with Gasteiger partial charge in [-0.25, -0.2) is 14.6 Å². The van der Waals surface area contributed by atoms with Crippen molar-refractivity contribution in [2.24, 2.45) is 0 Å². The molecule has 0 saturated heterocycles. The van der Waals surface area contributed by atoms with Gasteiger partial charge in [-0.05, 0) is 25.1 Å². The van der Waals surface area contributed by atoms with Gasteiger partial charge in [-0.3, -0.25) is 0 Å². The molecule has 1 aromatic heterocycles. The van der Waals surface area contributed by atoms with Crippen LogP contribution in [0.3, 0.4) is 0 Å². The third kappa shape index (κ3) is 3.65. The first kappa shape index (κ1) is 16.7. The SMILES string of the molecule is CCOC(=O)C1=C(CSc2nc3ccc(Cl)cc3[nH]2)NC(=O)NC1. The highest BCUT2D eigenvalue weighted by Gasteiger charge is 2.23. The number of benzene rings is 1. The van der Waals surface area contributed by atoms with Crippen LogP contribution in [0.4, 0.5) is 4.79 Å². The zero-order valence-electron chi connectivity index (χ0n) is 12.8. The molecule has 0 spiro atoms. The van der Waals surface area contributed by atoms with Crippen molar-refractivity contribution in [2.75, 3.05) is 18.9 Å². The Bertz CT molecular complexity index is 833. The molecular formula is C15H15ClN4O3S. The number of imidazole rings is 1. The molecule has 3 N–H and O–H groups in total. The molecule has 126 valence electrons. The number of aromatic amines is 1. The predicted molar refractivity (Wildman–Crippen MR) is 92.0 cm³/mol. The summed E-state index contributed by atoms with van der Waals surface area (Å²) in [5.74, 6) is -0.0493. The average molecular weight is 367 g/mol. The van der Waals surface area contributed by atoms with Gasteiger partial charge in [-0.1, -0.05) is 23.4 Å². The number of ether oxygens (including phenoxy) is 1. The maximum Gasteiger partial charge on any atom is 0.337 e. The number of carbonyl (C=O) groups is 2. The highest BCUT2D eigenvalue weighted by atomic mass is 35.5. The van der Waals surface area contributed by atoms with Crippen LogP contribution in [-0.2, 0) is 9.53 Å². The van der Waals surface area contributed by atoms with E-state index in [0.29, 0.717) is 27.2 Å². The largest absolute Gasteiger partial charge is 0.463 e. The van der Waals surface area contributed by atoms with E-state index in [1.54, 1.807) is 19.1 Å². The summed E-state index contributed by atoms with van der Waals surface area (Å²) in [6.45, 7) is 2.17. The molecule has 7 nitrogen and oxygen atoms in total. The second kappa shape index (κ2) is 7.14. The van der Waals surface area contributed by atoms with E-state index in [2.05, 4.69) is 20.6 Å². The van der Waals surface area contributed by atoms with Gasteiger partial charge in [0, 0.05) is 16.5 Å². The van der Waals surface area contributed by atoms with Crippen LogP contribution in [0.25, 0.3) is 11.0 Å². The fraction of sp³-hybridized carbons (Fsp3) is 0.267. The van der Waals surface area contributed by atoms with Crippen LogP contribution in [0.2, 0.25) is 5.02 Å². The Balaban J connectivity index is 1.78. The first-order chi connectivity index (χ1) is 11.6. The highest BCUT2D eigenvalue weighted by Crippen LogP contribution is 2.24. The first-order valence-electron chi connectivity index (χ1n) is 7.29. The molecule has 1 aromatic carbocycles. The van der Waals surface area contributed by atoms with Crippen molar-refractivity contribution < 1.29 is 14.3 Å². The lowest BCUT2D eigenvalue weighted by molar-refractivity contribution is -0.138. The molecular weight excluding hydrogens is 352 g/mol. The van der Waals surface area contributed by atoms with Crippen LogP contribution in [0.1, 0.15) is 6.92 Å². The van der Waals surface area contributed by atoms with Crippen molar-refractivity contribution >= 4 is 46.4 Å². The van der Waals surface area contributed by atoms with Crippen LogP contribution in [-0.4, -0.2) is 40.9 Å². The van der Waals surface area contributed by atoms with Crippen molar-refractivity contribution in [3.63, 3.8) is 0 Å². The zero-order chi connectivity index (χ0) is 17.1. The van der Waals surface area contributed by atoms with Crippen molar-refractivity contribution in [3.05, 3.63) is 34.5 Å². The minimum Gasteiger partial charge on any atom is -0.463 e. The van der Waals surface area contributed by atoms with Crippen molar-refractivity contribution in [1.29, 1.82) is 0 Å². The Morgan fingerprint density at radius 2 is 2.29 bits per heavy atom. The smallest absolute Gasteiger partial charge is 0.337 e. The molecule has 0 aliphatic carbocycles. The molecule has 2 heterocycles. The number of amides is 2. The number of thioether (sulfide) groups is 1. The molecule has 3 rings (SSSR count). The average Bonchev–Trinajstić information content (AvgIpc) is 2.95. The summed E-state index contributed by atoms with van der Waals surface area (Å²) >= 11 is 7.34. The quantitative estimate of drug-likeness (QED) is 0.558. The molecule has 9 heteroatoms. The summed E-state index contributed by atoms with van der Waals surface area (Å²) in [7, 11) is 0. The van der Waals surface area contributed by atoms with Gasteiger partial charge in [0.25, 0.3) is 0 Å². The number of nitrogens with one attached hydrogen (secondary N) is 3. The Hall–Kier alpha value is -2.19. The van der Waals surface area contributed by atoms with Gasteiger partial charge >= 0.3 is 12.0 Å². The number of aromatic nitrogens is 2. The number of hydrogen-bond donors (Lipinski definition) is 3. The number of hydrogen-bond acceptors (Lipinski definition) is 5. The number of urea groups is 1. The van der Waals surface area contributed by atoms with Gasteiger partial charge in [-0.15, -0.1) is 0 Å². The number of carbonyl (C=O) groups excluding carboxylic acids is 2. The van der Waals surface area contributed by atoms with Gasteiger partial charge in [0.05, 0.1) is 29.8 Å². The molecule has 2 aromatic rings. The molecule has 0 bridgehead atoms.